The van der Waals surface area contributed by atoms with Crippen molar-refractivity contribution in [3.63, 3.8) is 0 Å². The Morgan fingerprint density at radius 3 is 1.40 bits per heavy atom. The molecular formula is C52H68Zr-4. The molecule has 0 radical (unpaired) electrons. The van der Waals surface area contributed by atoms with Gasteiger partial charge in [-0.3, -0.25) is 6.08 Å². The number of hydrogen-bond acceptors (Lipinski definition) is 0. The predicted molar refractivity (Wildman–Crippen MR) is 231 cm³/mol. The third kappa shape index (κ3) is 14.4. The molecule has 0 fully saturated rings. The molecule has 0 N–H and O–H groups in total. The van der Waals surface area contributed by atoms with E-state index < -0.39 is 0 Å². The van der Waals surface area contributed by atoms with E-state index in [0.29, 0.717) is 11.8 Å². The first-order valence-electron chi connectivity index (χ1n) is 19.3. The average Bonchev–Trinajstić information content (AvgIpc) is 3.63. The zero-order chi connectivity index (χ0) is 40.4. The summed E-state index contributed by atoms with van der Waals surface area (Å²) in [7, 11) is 0. The molecule has 0 nitrogen and oxygen atoms in total. The summed E-state index contributed by atoms with van der Waals surface area (Å²) in [5.41, 5.74) is 14.9. The zero-order valence-electron chi connectivity index (χ0n) is 36.2. The van der Waals surface area contributed by atoms with Crippen LogP contribution in [0.3, 0.4) is 0 Å². The Morgan fingerprint density at radius 1 is 0.623 bits per heavy atom. The molecule has 1 heteroatoms. The maximum atomic E-state index is 3.53. The van der Waals surface area contributed by atoms with Gasteiger partial charge in [-0.15, -0.1) is 5.56 Å². The van der Waals surface area contributed by atoms with Crippen LogP contribution in [-0.4, -0.2) is 4.21 Å². The number of allylic oxidation sites excluding steroid dienone is 4. The van der Waals surface area contributed by atoms with Crippen LogP contribution in [-0.2, 0) is 52.3 Å². The Balaban J connectivity index is 0.000000258. The summed E-state index contributed by atoms with van der Waals surface area (Å²) in [6, 6.07) is 37.4. The molecule has 0 amide bonds. The van der Waals surface area contributed by atoms with Crippen molar-refractivity contribution in [1.82, 2.24) is 0 Å². The maximum absolute atomic E-state index is 3.53. The molecule has 0 spiro atoms. The monoisotopic (exact) mass is 782 g/mol. The van der Waals surface area contributed by atoms with Crippen LogP contribution < -0.4 is 0 Å². The van der Waals surface area contributed by atoms with Gasteiger partial charge in [-0.05, 0) is 28.2 Å². The van der Waals surface area contributed by atoms with Crippen LogP contribution in [0.25, 0.3) is 11.1 Å². The normalized spacial score (nSPS) is 14.7. The van der Waals surface area contributed by atoms with Crippen molar-refractivity contribution < 1.29 is 24.2 Å². The summed E-state index contributed by atoms with van der Waals surface area (Å²) >= 11 is 1.30. The van der Waals surface area contributed by atoms with Crippen molar-refractivity contribution in [3.05, 3.63) is 154 Å². The van der Waals surface area contributed by atoms with Gasteiger partial charge in [0, 0.05) is 0 Å². The first-order chi connectivity index (χ1) is 24.5. The van der Waals surface area contributed by atoms with Crippen LogP contribution in [0.4, 0.5) is 0 Å². The van der Waals surface area contributed by atoms with E-state index in [1.54, 1.807) is 0 Å². The summed E-state index contributed by atoms with van der Waals surface area (Å²) in [6.45, 7) is 35.7. The van der Waals surface area contributed by atoms with E-state index in [9.17, 15) is 0 Å². The molecule has 4 aromatic carbocycles. The summed E-state index contributed by atoms with van der Waals surface area (Å²) in [5, 5.41) is 0. The molecule has 6 rings (SSSR count). The van der Waals surface area contributed by atoms with Gasteiger partial charge < -0.3 is 0 Å². The summed E-state index contributed by atoms with van der Waals surface area (Å²) < 4.78 is 3.34. The van der Waals surface area contributed by atoms with E-state index in [4.69, 9.17) is 0 Å². The topological polar surface area (TPSA) is 0 Å². The van der Waals surface area contributed by atoms with Crippen molar-refractivity contribution >= 4 is 4.21 Å². The van der Waals surface area contributed by atoms with Crippen LogP contribution in [0.5, 0.6) is 0 Å². The van der Waals surface area contributed by atoms with Crippen molar-refractivity contribution in [2.24, 2.45) is 11.8 Å². The molecule has 0 bridgehead atoms. The SMILES string of the molecule is CC(C)(C)c1c[c-]c2c(c1)-c1cc(C(C)(C)C)ccc1C2.CC(C)(C)c1cc[c-]cc1.CC(C)(C)c1cc[c-]cc1.CC1=[C-]C(C)C=C1C(C)C.[CH2]=[Zr]. The number of fused-ring (bicyclic) bond motifs is 3. The molecule has 4 aromatic rings. The van der Waals surface area contributed by atoms with E-state index in [2.05, 4.69) is 200 Å². The molecule has 53 heavy (non-hydrogen) atoms. The van der Waals surface area contributed by atoms with Crippen LogP contribution >= 0.6 is 0 Å². The Bertz CT molecular complexity index is 1660. The predicted octanol–water partition coefficient (Wildman–Crippen LogP) is 14.2. The fourth-order valence-electron chi connectivity index (χ4n) is 6.24. The van der Waals surface area contributed by atoms with Gasteiger partial charge in [0.2, 0.25) is 0 Å². The van der Waals surface area contributed by atoms with Crippen molar-refractivity contribution in [3.8, 4) is 11.1 Å². The minimum absolute atomic E-state index is 0.177. The summed E-state index contributed by atoms with van der Waals surface area (Å²) in [6.07, 6.45) is 6.71. The molecule has 2 aliphatic carbocycles. The summed E-state index contributed by atoms with van der Waals surface area (Å²) in [5.74, 6) is 1.20. The first-order valence-corrected chi connectivity index (χ1v) is 21.0. The van der Waals surface area contributed by atoms with Gasteiger partial charge in [0.15, 0.2) is 0 Å². The van der Waals surface area contributed by atoms with Gasteiger partial charge >= 0.3 is 28.4 Å². The van der Waals surface area contributed by atoms with Crippen LogP contribution in [0.2, 0.25) is 0 Å². The third-order valence-corrected chi connectivity index (χ3v) is 9.62. The van der Waals surface area contributed by atoms with Gasteiger partial charge in [-0.2, -0.15) is 113 Å². The van der Waals surface area contributed by atoms with Gasteiger partial charge in [-0.1, -0.05) is 157 Å². The van der Waals surface area contributed by atoms with Crippen molar-refractivity contribution in [2.75, 3.05) is 0 Å². The minimum atomic E-state index is 0.177. The molecule has 0 saturated heterocycles. The Morgan fingerprint density at radius 2 is 1.06 bits per heavy atom. The van der Waals surface area contributed by atoms with E-state index in [1.807, 2.05) is 24.3 Å². The molecular weight excluding hydrogens is 716 g/mol. The van der Waals surface area contributed by atoms with E-state index >= 15 is 0 Å². The average molecular weight is 784 g/mol. The van der Waals surface area contributed by atoms with Crippen molar-refractivity contribution in [1.29, 1.82) is 0 Å². The molecule has 0 aliphatic heterocycles. The van der Waals surface area contributed by atoms with Crippen LogP contribution in [0, 0.1) is 36.1 Å². The quantitative estimate of drug-likeness (QED) is 0.149. The van der Waals surface area contributed by atoms with Crippen LogP contribution in [0.15, 0.2) is 96.1 Å². The third-order valence-electron chi connectivity index (χ3n) is 9.62. The van der Waals surface area contributed by atoms with E-state index in [1.165, 1.54) is 79.9 Å². The van der Waals surface area contributed by atoms with E-state index in [-0.39, 0.29) is 21.7 Å². The van der Waals surface area contributed by atoms with Crippen LogP contribution in [0.1, 0.15) is 144 Å². The number of hydrogen-bond donors (Lipinski definition) is 0. The Kier molecular flexibility index (Phi) is 17.1. The Hall–Kier alpha value is -2.89. The first kappa shape index (κ1) is 46.3. The second-order valence-electron chi connectivity index (χ2n) is 18.7. The van der Waals surface area contributed by atoms with Crippen molar-refractivity contribution in [2.45, 2.75) is 139 Å². The number of rotatable bonds is 1. The van der Waals surface area contributed by atoms with E-state index in [0.717, 1.165) is 6.42 Å². The standard InChI is InChI=1S/C21H25.C10H15.2C10H13.CH2.Zr/c1-20(2,3)16-9-7-14-11-15-8-10-17(21(4,5)6)13-19(15)18(14)12-16;1-7(2)10-6-8(3)5-9(10)4;2*1-10(2,3)9-7-5-4-6-8-9;;/h7,9-10,12-13H,11H2,1-6H3;6-8H,1-4H3;2*5-8H,1-3H3;1H2;/q4*-1;;. The fraction of sp³-hybridized carbons (Fsp3) is 0.442. The Labute approximate surface area is 342 Å². The summed E-state index contributed by atoms with van der Waals surface area (Å²) in [4.78, 5) is 0. The van der Waals surface area contributed by atoms with Gasteiger partial charge in [-0.25, -0.2) is 5.57 Å². The van der Waals surface area contributed by atoms with Gasteiger partial charge in [0.1, 0.15) is 0 Å². The molecule has 2 aliphatic rings. The number of benzene rings is 4. The zero-order valence-corrected chi connectivity index (χ0v) is 38.6. The second-order valence-corrected chi connectivity index (χ2v) is 18.7. The van der Waals surface area contributed by atoms with Gasteiger partial charge in [0.25, 0.3) is 0 Å². The molecule has 1 atom stereocenters. The molecule has 0 aromatic heterocycles. The molecule has 284 valence electrons. The second kappa shape index (κ2) is 19.6. The van der Waals surface area contributed by atoms with Gasteiger partial charge in [0.05, 0.1) is 0 Å². The molecule has 1 unspecified atom stereocenters. The fourth-order valence-corrected chi connectivity index (χ4v) is 6.24. The molecule has 0 heterocycles. The molecule has 0 saturated carbocycles.